The van der Waals surface area contributed by atoms with E-state index in [1.165, 1.54) is 12.8 Å². The summed E-state index contributed by atoms with van der Waals surface area (Å²) in [5.74, 6) is 0.382. The third-order valence-corrected chi connectivity index (χ3v) is 4.42. The summed E-state index contributed by atoms with van der Waals surface area (Å²) >= 11 is 0. The largest absolute Gasteiger partial charge is 0.478 e. The first-order valence-corrected chi connectivity index (χ1v) is 7.14. The maximum Gasteiger partial charge on any atom is 0.335 e. The third kappa shape index (κ3) is 2.17. The van der Waals surface area contributed by atoms with E-state index in [0.717, 1.165) is 23.4 Å². The minimum atomic E-state index is -0.912. The summed E-state index contributed by atoms with van der Waals surface area (Å²) in [5.41, 5.74) is 1.88. The zero-order valence-corrected chi connectivity index (χ0v) is 11.8. The number of fused-ring (bicyclic) bond motifs is 1. The summed E-state index contributed by atoms with van der Waals surface area (Å²) in [7, 11) is 0. The summed E-state index contributed by atoms with van der Waals surface area (Å²) in [6.45, 7) is 4.53. The maximum absolute atomic E-state index is 11.1. The maximum atomic E-state index is 11.1. The second-order valence-electron chi connectivity index (χ2n) is 6.01. The lowest BCUT2D eigenvalue weighted by Crippen LogP contribution is -2.25. The highest BCUT2D eigenvalue weighted by atomic mass is 16.4. The molecular weight excluding hydrogens is 254 g/mol. The van der Waals surface area contributed by atoms with Crippen molar-refractivity contribution in [3.05, 3.63) is 23.8 Å². The lowest BCUT2D eigenvalue weighted by molar-refractivity contribution is 0.0697. The van der Waals surface area contributed by atoms with Crippen molar-refractivity contribution < 1.29 is 9.90 Å². The molecular formula is C15H19N3O2. The molecule has 1 aromatic carbocycles. The molecule has 0 spiro atoms. The number of rotatable bonds is 2. The Balaban J connectivity index is 2.03. The molecule has 0 bridgehead atoms. The normalized spacial score (nSPS) is 26.8. The van der Waals surface area contributed by atoms with E-state index in [1.54, 1.807) is 18.2 Å². The van der Waals surface area contributed by atoms with Crippen molar-refractivity contribution in [3.63, 3.8) is 0 Å². The van der Waals surface area contributed by atoms with Gasteiger partial charge in [0.15, 0.2) is 0 Å². The number of hydrogen-bond acceptors (Lipinski definition) is 3. The van der Waals surface area contributed by atoms with Crippen molar-refractivity contribution in [2.75, 3.05) is 0 Å². The Morgan fingerprint density at radius 2 is 2.15 bits per heavy atom. The van der Waals surface area contributed by atoms with Gasteiger partial charge in [0.2, 0.25) is 0 Å². The van der Waals surface area contributed by atoms with Gasteiger partial charge in [0.25, 0.3) is 0 Å². The van der Waals surface area contributed by atoms with Crippen LogP contribution < -0.4 is 0 Å². The molecule has 20 heavy (non-hydrogen) atoms. The molecule has 1 aromatic heterocycles. The zero-order valence-electron chi connectivity index (χ0n) is 11.8. The van der Waals surface area contributed by atoms with Gasteiger partial charge in [0.1, 0.15) is 5.52 Å². The molecule has 0 radical (unpaired) electrons. The van der Waals surface area contributed by atoms with Crippen molar-refractivity contribution >= 4 is 17.0 Å². The van der Waals surface area contributed by atoms with Gasteiger partial charge < -0.3 is 5.11 Å². The molecule has 3 atom stereocenters. The minimum absolute atomic E-state index is 0.290. The van der Waals surface area contributed by atoms with Crippen molar-refractivity contribution in [1.82, 2.24) is 15.0 Å². The van der Waals surface area contributed by atoms with E-state index in [2.05, 4.69) is 24.2 Å². The Morgan fingerprint density at radius 1 is 1.35 bits per heavy atom. The highest BCUT2D eigenvalue weighted by Crippen LogP contribution is 2.37. The Kier molecular flexibility index (Phi) is 3.20. The van der Waals surface area contributed by atoms with E-state index in [0.29, 0.717) is 12.0 Å². The summed E-state index contributed by atoms with van der Waals surface area (Å²) in [5, 5.41) is 17.6. The highest BCUT2D eigenvalue weighted by molar-refractivity contribution is 5.92. The van der Waals surface area contributed by atoms with Crippen LogP contribution in [0.3, 0.4) is 0 Å². The van der Waals surface area contributed by atoms with Crippen molar-refractivity contribution in [3.8, 4) is 0 Å². The predicted molar refractivity (Wildman–Crippen MR) is 75.7 cm³/mol. The number of carbonyl (C=O) groups is 1. The highest BCUT2D eigenvalue weighted by Gasteiger charge is 2.28. The van der Waals surface area contributed by atoms with Gasteiger partial charge in [-0.1, -0.05) is 19.1 Å². The zero-order chi connectivity index (χ0) is 14.3. The van der Waals surface area contributed by atoms with Crippen LogP contribution in [-0.2, 0) is 0 Å². The average molecular weight is 273 g/mol. The van der Waals surface area contributed by atoms with E-state index in [1.807, 2.05) is 4.68 Å². The van der Waals surface area contributed by atoms with Crippen LogP contribution in [0, 0.1) is 11.8 Å². The molecule has 1 aliphatic rings. The van der Waals surface area contributed by atoms with Crippen LogP contribution in [0.25, 0.3) is 11.0 Å². The van der Waals surface area contributed by atoms with Crippen LogP contribution >= 0.6 is 0 Å². The summed E-state index contributed by atoms with van der Waals surface area (Å²) in [6.07, 6.45) is 3.46. The number of hydrogen-bond donors (Lipinski definition) is 1. The fraction of sp³-hybridized carbons (Fsp3) is 0.533. The minimum Gasteiger partial charge on any atom is -0.478 e. The number of nitrogens with zero attached hydrogens (tertiary/aromatic N) is 3. The summed E-state index contributed by atoms with van der Waals surface area (Å²) in [6, 6.07) is 5.32. The number of carboxylic acid groups (broad SMARTS) is 1. The lowest BCUT2D eigenvalue weighted by atomic mass is 9.80. The molecule has 3 rings (SSSR count). The Hall–Kier alpha value is -1.91. The van der Waals surface area contributed by atoms with Crippen LogP contribution in [-0.4, -0.2) is 26.1 Å². The second kappa shape index (κ2) is 4.89. The average Bonchev–Trinajstić information content (AvgIpc) is 2.81. The van der Waals surface area contributed by atoms with Crippen LogP contribution in [0.2, 0.25) is 0 Å². The standard InChI is InChI=1S/C15H19N3O2/c1-9-3-6-13(10(2)7-9)18-14-8-11(15(19)20)4-5-12(14)16-17-18/h4-5,8-10,13H,3,6-7H2,1-2H3,(H,19,20). The van der Waals surface area contributed by atoms with Gasteiger partial charge in [0.05, 0.1) is 17.1 Å². The Morgan fingerprint density at radius 3 is 2.85 bits per heavy atom. The quantitative estimate of drug-likeness (QED) is 0.912. The van der Waals surface area contributed by atoms with Crippen molar-refractivity contribution in [2.45, 2.75) is 39.2 Å². The number of aromatic carboxylic acids is 1. The summed E-state index contributed by atoms with van der Waals surface area (Å²) in [4.78, 5) is 11.1. The number of benzene rings is 1. The second-order valence-corrected chi connectivity index (χ2v) is 6.01. The van der Waals surface area contributed by atoms with E-state index in [4.69, 9.17) is 5.11 Å². The molecule has 1 heterocycles. The molecule has 1 fully saturated rings. The monoisotopic (exact) mass is 273 g/mol. The van der Waals surface area contributed by atoms with Crippen LogP contribution in [0.4, 0.5) is 0 Å². The lowest BCUT2D eigenvalue weighted by Gasteiger charge is -2.32. The first-order chi connectivity index (χ1) is 9.56. The molecule has 2 aromatic rings. The van der Waals surface area contributed by atoms with Crippen LogP contribution in [0.15, 0.2) is 18.2 Å². The first-order valence-electron chi connectivity index (χ1n) is 7.14. The fourth-order valence-electron chi connectivity index (χ4n) is 3.33. The molecule has 0 amide bonds. The molecule has 106 valence electrons. The SMILES string of the molecule is CC1CCC(n2nnc3ccc(C(=O)O)cc32)C(C)C1. The third-order valence-electron chi connectivity index (χ3n) is 4.42. The smallest absolute Gasteiger partial charge is 0.335 e. The van der Waals surface area contributed by atoms with Gasteiger partial charge in [-0.2, -0.15) is 0 Å². The van der Waals surface area contributed by atoms with E-state index >= 15 is 0 Å². The Labute approximate surface area is 117 Å². The molecule has 3 unspecified atom stereocenters. The predicted octanol–water partition coefficient (Wildman–Crippen LogP) is 3.13. The van der Waals surface area contributed by atoms with Crippen molar-refractivity contribution in [1.29, 1.82) is 0 Å². The van der Waals surface area contributed by atoms with E-state index in [-0.39, 0.29) is 5.56 Å². The first kappa shape index (κ1) is 13.1. The number of carboxylic acids is 1. The molecule has 0 aliphatic heterocycles. The number of aromatic nitrogens is 3. The van der Waals surface area contributed by atoms with E-state index in [9.17, 15) is 4.79 Å². The van der Waals surface area contributed by atoms with Gasteiger partial charge in [-0.05, 0) is 49.3 Å². The van der Waals surface area contributed by atoms with Crippen LogP contribution in [0.1, 0.15) is 49.5 Å². The topological polar surface area (TPSA) is 68.0 Å². The molecule has 1 aliphatic carbocycles. The van der Waals surface area contributed by atoms with Gasteiger partial charge in [0, 0.05) is 0 Å². The van der Waals surface area contributed by atoms with E-state index < -0.39 is 5.97 Å². The molecule has 1 N–H and O–H groups in total. The summed E-state index contributed by atoms with van der Waals surface area (Å²) < 4.78 is 1.93. The Bertz CT molecular complexity index is 650. The molecule has 5 heteroatoms. The molecule has 5 nitrogen and oxygen atoms in total. The van der Waals surface area contributed by atoms with Gasteiger partial charge in [-0.15, -0.1) is 5.10 Å². The van der Waals surface area contributed by atoms with Crippen molar-refractivity contribution in [2.24, 2.45) is 11.8 Å². The van der Waals surface area contributed by atoms with Gasteiger partial charge >= 0.3 is 5.97 Å². The van der Waals surface area contributed by atoms with Gasteiger partial charge in [-0.25, -0.2) is 9.48 Å². The van der Waals surface area contributed by atoms with Gasteiger partial charge in [-0.3, -0.25) is 0 Å². The fourth-order valence-corrected chi connectivity index (χ4v) is 3.33. The molecule has 1 saturated carbocycles. The molecule has 0 saturated heterocycles. The van der Waals surface area contributed by atoms with Crippen LogP contribution in [0.5, 0.6) is 0 Å².